The summed E-state index contributed by atoms with van der Waals surface area (Å²) in [4.78, 5) is 24.5. The van der Waals surface area contributed by atoms with E-state index in [1.54, 1.807) is 12.1 Å². The molecule has 16 heavy (non-hydrogen) atoms. The van der Waals surface area contributed by atoms with E-state index in [0.29, 0.717) is 5.69 Å². The van der Waals surface area contributed by atoms with Crippen molar-refractivity contribution in [3.63, 3.8) is 0 Å². The Labute approximate surface area is 101 Å². The summed E-state index contributed by atoms with van der Waals surface area (Å²) in [6.07, 6.45) is 0. The minimum Gasteiger partial charge on any atom is -0.362 e. The number of hydrogen-bond acceptors (Lipinski definition) is 3. The van der Waals surface area contributed by atoms with Crippen molar-refractivity contribution < 1.29 is 14.3 Å². The maximum atomic E-state index is 11.6. The smallest absolute Gasteiger partial charge is 0.259 e. The molecule has 1 aromatic carbocycles. The van der Waals surface area contributed by atoms with Gasteiger partial charge in [0.15, 0.2) is 0 Å². The standard InChI is InChI=1S/C11H10BrNO3/c1-7-8(12)3-2-4-9(7)13-10(14)5-16-6-11(13)15/h2-4H,5-6H2,1H3. The zero-order valence-corrected chi connectivity index (χ0v) is 10.3. The van der Waals surface area contributed by atoms with Crippen LogP contribution in [-0.4, -0.2) is 25.0 Å². The number of imide groups is 1. The first kappa shape index (κ1) is 11.3. The van der Waals surface area contributed by atoms with Crippen LogP contribution in [-0.2, 0) is 14.3 Å². The summed E-state index contributed by atoms with van der Waals surface area (Å²) in [5.74, 6) is -0.644. The number of benzene rings is 1. The van der Waals surface area contributed by atoms with Crippen LogP contribution >= 0.6 is 15.9 Å². The third-order valence-corrected chi connectivity index (χ3v) is 3.29. The molecule has 1 aliphatic heterocycles. The summed E-state index contributed by atoms with van der Waals surface area (Å²) in [6, 6.07) is 5.41. The fraction of sp³-hybridized carbons (Fsp3) is 0.273. The third-order valence-electron chi connectivity index (χ3n) is 2.43. The van der Waals surface area contributed by atoms with Crippen LogP contribution < -0.4 is 4.90 Å². The zero-order chi connectivity index (χ0) is 11.7. The average Bonchev–Trinajstić information content (AvgIpc) is 2.24. The highest BCUT2D eigenvalue weighted by molar-refractivity contribution is 9.10. The van der Waals surface area contributed by atoms with E-state index in [2.05, 4.69) is 15.9 Å². The minimum absolute atomic E-state index is 0.0440. The van der Waals surface area contributed by atoms with E-state index in [-0.39, 0.29) is 25.0 Å². The van der Waals surface area contributed by atoms with Crippen molar-refractivity contribution in [1.29, 1.82) is 0 Å². The van der Waals surface area contributed by atoms with Gasteiger partial charge in [0.1, 0.15) is 13.2 Å². The number of rotatable bonds is 1. The highest BCUT2D eigenvalue weighted by Crippen LogP contribution is 2.27. The second-order valence-electron chi connectivity index (χ2n) is 3.50. The SMILES string of the molecule is Cc1c(Br)cccc1N1C(=O)COCC1=O. The molecule has 2 rings (SSSR count). The summed E-state index contributed by atoms with van der Waals surface area (Å²) < 4.78 is 5.74. The lowest BCUT2D eigenvalue weighted by molar-refractivity contribution is -0.138. The molecular weight excluding hydrogens is 274 g/mol. The van der Waals surface area contributed by atoms with Crippen LogP contribution in [0.2, 0.25) is 0 Å². The molecule has 1 fully saturated rings. The molecule has 0 bridgehead atoms. The highest BCUT2D eigenvalue weighted by atomic mass is 79.9. The fourth-order valence-corrected chi connectivity index (χ4v) is 1.96. The average molecular weight is 284 g/mol. The summed E-state index contributed by atoms with van der Waals surface area (Å²) in [5.41, 5.74) is 1.48. The normalized spacial score (nSPS) is 16.8. The van der Waals surface area contributed by atoms with E-state index in [9.17, 15) is 9.59 Å². The van der Waals surface area contributed by atoms with Gasteiger partial charge < -0.3 is 4.74 Å². The number of hydrogen-bond donors (Lipinski definition) is 0. The van der Waals surface area contributed by atoms with Gasteiger partial charge in [0, 0.05) is 4.47 Å². The summed E-state index contributed by atoms with van der Waals surface area (Å²) in [6.45, 7) is 1.77. The Morgan fingerprint density at radius 1 is 1.25 bits per heavy atom. The van der Waals surface area contributed by atoms with Gasteiger partial charge in [0.05, 0.1) is 5.69 Å². The minimum atomic E-state index is -0.322. The van der Waals surface area contributed by atoms with Crippen molar-refractivity contribution in [3.05, 3.63) is 28.2 Å². The molecule has 0 radical (unpaired) electrons. The number of anilines is 1. The van der Waals surface area contributed by atoms with Crippen molar-refractivity contribution in [2.75, 3.05) is 18.1 Å². The van der Waals surface area contributed by atoms with Crippen molar-refractivity contribution in [2.24, 2.45) is 0 Å². The largest absolute Gasteiger partial charge is 0.362 e. The van der Waals surface area contributed by atoms with Crippen LogP contribution in [0.3, 0.4) is 0 Å². The van der Waals surface area contributed by atoms with Crippen molar-refractivity contribution >= 4 is 33.4 Å². The Morgan fingerprint density at radius 3 is 2.50 bits per heavy atom. The van der Waals surface area contributed by atoms with Crippen LogP contribution in [0, 0.1) is 6.92 Å². The molecule has 1 heterocycles. The first-order valence-corrected chi connectivity index (χ1v) is 5.59. The first-order valence-electron chi connectivity index (χ1n) is 4.80. The van der Waals surface area contributed by atoms with E-state index in [4.69, 9.17) is 4.74 Å². The third kappa shape index (κ3) is 1.88. The molecule has 0 unspecified atom stereocenters. The number of amides is 2. The molecular formula is C11H10BrNO3. The topological polar surface area (TPSA) is 46.6 Å². The predicted octanol–water partition coefficient (Wildman–Crippen LogP) is 1.65. The number of halogens is 1. The van der Waals surface area contributed by atoms with Gasteiger partial charge in [0.2, 0.25) is 0 Å². The quantitative estimate of drug-likeness (QED) is 0.737. The van der Waals surface area contributed by atoms with Crippen molar-refractivity contribution in [1.82, 2.24) is 0 Å². The first-order chi connectivity index (χ1) is 7.61. The summed E-state index contributed by atoms with van der Waals surface area (Å²) >= 11 is 3.37. The van der Waals surface area contributed by atoms with Gasteiger partial charge in [-0.2, -0.15) is 0 Å². The fourth-order valence-electron chi connectivity index (χ4n) is 1.60. The van der Waals surface area contributed by atoms with Crippen LogP contribution in [0.15, 0.2) is 22.7 Å². The molecule has 0 spiro atoms. The molecule has 5 heteroatoms. The van der Waals surface area contributed by atoms with Gasteiger partial charge in [-0.25, -0.2) is 4.90 Å². The Balaban J connectivity index is 2.46. The van der Waals surface area contributed by atoms with Gasteiger partial charge >= 0.3 is 0 Å². The molecule has 0 saturated carbocycles. The van der Waals surface area contributed by atoms with Crippen molar-refractivity contribution in [3.8, 4) is 0 Å². The Bertz CT molecular complexity index is 443. The monoisotopic (exact) mass is 283 g/mol. The number of carbonyl (C=O) groups is 2. The maximum absolute atomic E-state index is 11.6. The van der Waals surface area contributed by atoms with Crippen LogP contribution in [0.4, 0.5) is 5.69 Å². The van der Waals surface area contributed by atoms with Gasteiger partial charge in [-0.15, -0.1) is 0 Å². The second-order valence-corrected chi connectivity index (χ2v) is 4.35. The number of ether oxygens (including phenoxy) is 1. The molecule has 4 nitrogen and oxygen atoms in total. The van der Waals surface area contributed by atoms with Gasteiger partial charge in [0.25, 0.3) is 11.8 Å². The molecule has 1 saturated heterocycles. The molecule has 0 N–H and O–H groups in total. The molecule has 0 atom stereocenters. The van der Waals surface area contributed by atoms with Crippen LogP contribution in [0.1, 0.15) is 5.56 Å². The zero-order valence-electron chi connectivity index (χ0n) is 8.70. The lowest BCUT2D eigenvalue weighted by atomic mass is 10.1. The van der Waals surface area contributed by atoms with E-state index in [1.165, 1.54) is 4.90 Å². The summed E-state index contributed by atoms with van der Waals surface area (Å²) in [5, 5.41) is 0. The molecule has 1 aromatic rings. The number of nitrogens with zero attached hydrogens (tertiary/aromatic N) is 1. The van der Waals surface area contributed by atoms with Gasteiger partial charge in [-0.1, -0.05) is 22.0 Å². The van der Waals surface area contributed by atoms with Gasteiger partial charge in [-0.3, -0.25) is 9.59 Å². The number of carbonyl (C=O) groups excluding carboxylic acids is 2. The van der Waals surface area contributed by atoms with Crippen molar-refractivity contribution in [2.45, 2.75) is 6.92 Å². The molecule has 0 aliphatic carbocycles. The van der Waals surface area contributed by atoms with E-state index < -0.39 is 0 Å². The molecule has 1 aliphatic rings. The lowest BCUT2D eigenvalue weighted by Crippen LogP contribution is -2.46. The summed E-state index contributed by atoms with van der Waals surface area (Å²) in [7, 11) is 0. The Morgan fingerprint density at radius 2 is 1.88 bits per heavy atom. The Hall–Kier alpha value is -1.20. The Kier molecular flexibility index (Phi) is 3.07. The van der Waals surface area contributed by atoms with E-state index in [0.717, 1.165) is 10.0 Å². The predicted molar refractivity (Wildman–Crippen MR) is 62.2 cm³/mol. The van der Waals surface area contributed by atoms with Crippen LogP contribution in [0.25, 0.3) is 0 Å². The lowest BCUT2D eigenvalue weighted by Gasteiger charge is -2.26. The molecule has 84 valence electrons. The van der Waals surface area contributed by atoms with Gasteiger partial charge in [-0.05, 0) is 24.6 Å². The van der Waals surface area contributed by atoms with E-state index >= 15 is 0 Å². The maximum Gasteiger partial charge on any atom is 0.259 e. The number of morpholine rings is 1. The second kappa shape index (κ2) is 4.35. The molecule has 2 amide bonds. The highest BCUT2D eigenvalue weighted by Gasteiger charge is 2.29. The van der Waals surface area contributed by atoms with E-state index in [1.807, 2.05) is 13.0 Å². The van der Waals surface area contributed by atoms with Crippen LogP contribution in [0.5, 0.6) is 0 Å². The molecule has 0 aromatic heterocycles.